The Kier molecular flexibility index (Phi) is 4.86. The lowest BCUT2D eigenvalue weighted by molar-refractivity contribution is -0.191. The van der Waals surface area contributed by atoms with E-state index < -0.39 is 17.2 Å². The highest BCUT2D eigenvalue weighted by molar-refractivity contribution is 5.98. The molecule has 29 heavy (non-hydrogen) atoms. The van der Waals surface area contributed by atoms with Crippen LogP contribution >= 0.6 is 0 Å². The van der Waals surface area contributed by atoms with Gasteiger partial charge >= 0.3 is 0 Å². The number of rotatable bonds is 2. The number of aromatic nitrogens is 1. The molecule has 8 heteroatoms. The number of aliphatic hydroxyl groups is 1. The number of hydrogen-bond acceptors (Lipinski definition) is 4. The van der Waals surface area contributed by atoms with Crippen molar-refractivity contribution in [2.75, 3.05) is 19.7 Å². The molecule has 156 valence electrons. The number of likely N-dealkylation sites (tertiary alicyclic amines) is 1. The molecule has 2 aliphatic heterocycles. The molecular weight excluding hydrogens is 377 g/mol. The summed E-state index contributed by atoms with van der Waals surface area (Å²) in [6.07, 6.45) is 1.72. The number of para-hydroxylation sites is 1. The number of H-pyrrole nitrogens is 1. The minimum absolute atomic E-state index is 0.132. The van der Waals surface area contributed by atoms with E-state index >= 15 is 0 Å². The normalized spacial score (nSPS) is 26.6. The number of nitrogens with zero attached hydrogens (tertiary/aromatic N) is 1. The summed E-state index contributed by atoms with van der Waals surface area (Å²) >= 11 is 0. The molecule has 0 aliphatic carbocycles. The van der Waals surface area contributed by atoms with E-state index in [1.165, 1.54) is 13.0 Å². The highest BCUT2D eigenvalue weighted by Gasteiger charge is 2.49. The topological polar surface area (TPSA) is 94.7 Å². The van der Waals surface area contributed by atoms with Gasteiger partial charge in [-0.3, -0.25) is 9.59 Å². The Morgan fingerprint density at radius 3 is 2.72 bits per heavy atom. The lowest BCUT2D eigenvalue weighted by Crippen LogP contribution is -2.63. The van der Waals surface area contributed by atoms with Crippen molar-refractivity contribution in [2.24, 2.45) is 0 Å². The Balaban J connectivity index is 1.45. The number of fused-ring (bicyclic) bond motifs is 1. The van der Waals surface area contributed by atoms with Gasteiger partial charge in [-0.1, -0.05) is 12.1 Å². The smallest absolute Gasteiger partial charge is 0.270 e. The van der Waals surface area contributed by atoms with Crippen LogP contribution in [0.1, 0.15) is 43.6 Å². The lowest BCUT2D eigenvalue weighted by atomic mass is 9.77. The highest BCUT2D eigenvalue weighted by atomic mass is 19.1. The third-order valence-corrected chi connectivity index (χ3v) is 6.17. The fourth-order valence-corrected chi connectivity index (χ4v) is 4.37. The zero-order valence-electron chi connectivity index (χ0n) is 16.6. The van der Waals surface area contributed by atoms with Crippen molar-refractivity contribution in [2.45, 2.75) is 50.4 Å². The number of piperidine rings is 1. The SMILES string of the molecule is CC(=O)N[C@H]1CC2(CCN(C(=O)c3cc4cccc(F)c4[nH]3)CC2)OC[C@]1(C)O. The Bertz CT molecular complexity index is 947. The van der Waals surface area contributed by atoms with Gasteiger partial charge in [-0.15, -0.1) is 0 Å². The second-order valence-corrected chi connectivity index (χ2v) is 8.47. The number of amides is 2. The van der Waals surface area contributed by atoms with Gasteiger partial charge in [0.2, 0.25) is 5.91 Å². The molecule has 4 rings (SSSR count). The van der Waals surface area contributed by atoms with E-state index in [0.717, 1.165) is 0 Å². The number of halogens is 1. The Hall–Kier alpha value is -2.45. The number of aromatic amines is 1. The fraction of sp³-hybridized carbons (Fsp3) is 0.524. The summed E-state index contributed by atoms with van der Waals surface area (Å²) in [6, 6.07) is 6.02. The Labute approximate surface area is 168 Å². The first-order valence-electron chi connectivity index (χ1n) is 9.89. The number of hydrogen-bond donors (Lipinski definition) is 3. The van der Waals surface area contributed by atoms with Crippen LogP contribution in [0.5, 0.6) is 0 Å². The zero-order valence-corrected chi connectivity index (χ0v) is 16.6. The van der Waals surface area contributed by atoms with Crippen molar-refractivity contribution in [1.82, 2.24) is 15.2 Å². The van der Waals surface area contributed by atoms with Gasteiger partial charge in [0.05, 0.1) is 23.8 Å². The van der Waals surface area contributed by atoms with Crippen LogP contribution in [0.15, 0.2) is 24.3 Å². The van der Waals surface area contributed by atoms with E-state index in [2.05, 4.69) is 10.3 Å². The molecule has 0 bridgehead atoms. The fourth-order valence-electron chi connectivity index (χ4n) is 4.37. The molecule has 0 radical (unpaired) electrons. The first-order valence-corrected chi connectivity index (χ1v) is 9.89. The summed E-state index contributed by atoms with van der Waals surface area (Å²) in [4.78, 5) is 29.0. The Morgan fingerprint density at radius 1 is 1.34 bits per heavy atom. The van der Waals surface area contributed by atoms with Gasteiger partial charge in [-0.25, -0.2) is 4.39 Å². The molecule has 0 saturated carbocycles. The van der Waals surface area contributed by atoms with E-state index in [9.17, 15) is 19.1 Å². The second-order valence-electron chi connectivity index (χ2n) is 8.47. The van der Waals surface area contributed by atoms with Crippen LogP contribution in [0.25, 0.3) is 10.9 Å². The predicted octanol–water partition coefficient (Wildman–Crippen LogP) is 1.96. The van der Waals surface area contributed by atoms with Gasteiger partial charge in [0.15, 0.2) is 0 Å². The lowest BCUT2D eigenvalue weighted by Gasteiger charge is -2.50. The molecule has 7 nitrogen and oxygen atoms in total. The van der Waals surface area contributed by atoms with Crippen molar-refractivity contribution >= 4 is 22.7 Å². The van der Waals surface area contributed by atoms with Gasteiger partial charge in [0.25, 0.3) is 5.91 Å². The van der Waals surface area contributed by atoms with Crippen molar-refractivity contribution < 1.29 is 23.8 Å². The van der Waals surface area contributed by atoms with E-state index in [4.69, 9.17) is 4.74 Å². The molecule has 2 aromatic rings. The maximum atomic E-state index is 13.9. The van der Waals surface area contributed by atoms with Gasteiger partial charge in [-0.05, 0) is 38.3 Å². The number of carbonyl (C=O) groups excluding carboxylic acids is 2. The molecule has 2 fully saturated rings. The van der Waals surface area contributed by atoms with Crippen LogP contribution < -0.4 is 5.32 Å². The van der Waals surface area contributed by atoms with Crippen molar-refractivity contribution in [3.05, 3.63) is 35.8 Å². The quantitative estimate of drug-likeness (QED) is 0.714. The molecule has 3 N–H and O–H groups in total. The molecule has 1 aromatic carbocycles. The number of ether oxygens (including phenoxy) is 1. The molecule has 2 atom stereocenters. The van der Waals surface area contributed by atoms with Crippen LogP contribution in [-0.2, 0) is 9.53 Å². The predicted molar refractivity (Wildman–Crippen MR) is 105 cm³/mol. The first kappa shape index (κ1) is 19.8. The molecule has 1 spiro atoms. The average Bonchev–Trinajstić information content (AvgIpc) is 3.11. The van der Waals surface area contributed by atoms with Crippen molar-refractivity contribution in [3.8, 4) is 0 Å². The largest absolute Gasteiger partial charge is 0.386 e. The maximum Gasteiger partial charge on any atom is 0.270 e. The third kappa shape index (κ3) is 3.74. The molecule has 2 amide bonds. The standard InChI is InChI=1S/C21H26FN3O4/c1-13(26)23-17-11-21(29-12-20(17,2)28)6-8-25(9-7-21)19(27)16-10-14-4-3-5-15(22)18(14)24-16/h3-5,10,17,24,28H,6-9,11-12H2,1-2H3,(H,23,26)/t17-,20-/m0/s1. The minimum atomic E-state index is -1.13. The van der Waals surface area contributed by atoms with Gasteiger partial charge in [0, 0.05) is 25.4 Å². The summed E-state index contributed by atoms with van der Waals surface area (Å²) in [6.45, 7) is 4.21. The summed E-state index contributed by atoms with van der Waals surface area (Å²) < 4.78 is 19.9. The monoisotopic (exact) mass is 403 g/mol. The van der Waals surface area contributed by atoms with Crippen molar-refractivity contribution in [3.63, 3.8) is 0 Å². The number of nitrogens with one attached hydrogen (secondary N) is 2. The van der Waals surface area contributed by atoms with Crippen LogP contribution in [0.3, 0.4) is 0 Å². The molecule has 1 aromatic heterocycles. The second kappa shape index (κ2) is 7.11. The van der Waals surface area contributed by atoms with Crippen LogP contribution in [0.2, 0.25) is 0 Å². The molecule has 2 aliphatic rings. The summed E-state index contributed by atoms with van der Waals surface area (Å²) in [7, 11) is 0. The number of benzene rings is 1. The van der Waals surface area contributed by atoms with E-state index in [1.54, 1.807) is 30.0 Å². The highest BCUT2D eigenvalue weighted by Crippen LogP contribution is 2.38. The molecule has 2 saturated heterocycles. The molecule has 3 heterocycles. The van der Waals surface area contributed by atoms with E-state index in [-0.39, 0.29) is 24.2 Å². The van der Waals surface area contributed by atoms with Gasteiger partial charge in [0.1, 0.15) is 17.1 Å². The maximum absolute atomic E-state index is 13.9. The zero-order chi connectivity index (χ0) is 20.8. The minimum Gasteiger partial charge on any atom is -0.386 e. The van der Waals surface area contributed by atoms with Gasteiger partial charge < -0.3 is 25.0 Å². The summed E-state index contributed by atoms with van der Waals surface area (Å²) in [5.74, 6) is -0.742. The first-order chi connectivity index (χ1) is 13.7. The van der Waals surface area contributed by atoms with Crippen LogP contribution in [0, 0.1) is 5.82 Å². The van der Waals surface area contributed by atoms with E-state index in [0.29, 0.717) is 48.9 Å². The average molecular weight is 403 g/mol. The third-order valence-electron chi connectivity index (χ3n) is 6.17. The van der Waals surface area contributed by atoms with Gasteiger partial charge in [-0.2, -0.15) is 0 Å². The van der Waals surface area contributed by atoms with Crippen molar-refractivity contribution in [1.29, 1.82) is 0 Å². The summed E-state index contributed by atoms with van der Waals surface area (Å²) in [5.41, 5.74) is -0.901. The molecular formula is C21H26FN3O4. The van der Waals surface area contributed by atoms with Crippen LogP contribution in [0.4, 0.5) is 4.39 Å². The number of carbonyl (C=O) groups is 2. The summed E-state index contributed by atoms with van der Waals surface area (Å²) in [5, 5.41) is 14.0. The van der Waals surface area contributed by atoms with E-state index in [1.807, 2.05) is 0 Å². The van der Waals surface area contributed by atoms with Crippen LogP contribution in [-0.4, -0.2) is 63.7 Å². The Morgan fingerprint density at radius 2 is 2.07 bits per heavy atom. The molecule has 0 unspecified atom stereocenters.